The Bertz CT molecular complexity index is 513. The zero-order valence-corrected chi connectivity index (χ0v) is 10.9. The normalized spacial score (nSPS) is 10.7. The molecule has 0 amide bonds. The first-order chi connectivity index (χ1) is 8.20. The lowest BCUT2D eigenvalue weighted by Gasteiger charge is -1.99. The molecule has 0 fully saturated rings. The lowest BCUT2D eigenvalue weighted by atomic mass is 10.2. The SMILES string of the molecule is CCOCc1noc(-c2cc(N)ccc2Br)n1. The summed E-state index contributed by atoms with van der Waals surface area (Å²) in [5.41, 5.74) is 7.14. The molecule has 0 atom stereocenters. The minimum Gasteiger partial charge on any atom is -0.399 e. The molecule has 0 aliphatic rings. The van der Waals surface area contributed by atoms with Gasteiger partial charge in [-0.2, -0.15) is 4.98 Å². The Morgan fingerprint density at radius 3 is 3.06 bits per heavy atom. The molecule has 0 saturated heterocycles. The van der Waals surface area contributed by atoms with E-state index in [9.17, 15) is 0 Å². The number of anilines is 1. The molecule has 1 aromatic carbocycles. The van der Waals surface area contributed by atoms with Crippen molar-refractivity contribution in [3.05, 3.63) is 28.5 Å². The second-order valence-electron chi connectivity index (χ2n) is 3.39. The summed E-state index contributed by atoms with van der Waals surface area (Å²) in [7, 11) is 0. The molecule has 0 spiro atoms. The Hall–Kier alpha value is -1.40. The number of nitrogens with two attached hydrogens (primary N) is 1. The Balaban J connectivity index is 2.27. The van der Waals surface area contributed by atoms with E-state index in [2.05, 4.69) is 26.1 Å². The fourth-order valence-corrected chi connectivity index (χ4v) is 1.74. The first kappa shape index (κ1) is 12.1. The summed E-state index contributed by atoms with van der Waals surface area (Å²) in [6.07, 6.45) is 0. The number of ether oxygens (including phenoxy) is 1. The monoisotopic (exact) mass is 297 g/mol. The summed E-state index contributed by atoms with van der Waals surface area (Å²) in [5, 5.41) is 3.83. The third-order valence-corrected chi connectivity index (χ3v) is 2.82. The molecule has 6 heteroatoms. The van der Waals surface area contributed by atoms with E-state index in [-0.39, 0.29) is 0 Å². The first-order valence-corrected chi connectivity index (χ1v) is 5.95. The summed E-state index contributed by atoms with van der Waals surface area (Å²) < 4.78 is 11.2. The second-order valence-corrected chi connectivity index (χ2v) is 4.25. The molecule has 0 saturated carbocycles. The van der Waals surface area contributed by atoms with Crippen molar-refractivity contribution in [2.24, 2.45) is 0 Å². The lowest BCUT2D eigenvalue weighted by molar-refractivity contribution is 0.126. The molecule has 90 valence electrons. The van der Waals surface area contributed by atoms with Crippen LogP contribution in [0.1, 0.15) is 12.7 Å². The molecule has 0 aliphatic carbocycles. The Morgan fingerprint density at radius 1 is 1.47 bits per heavy atom. The van der Waals surface area contributed by atoms with Crippen molar-refractivity contribution in [2.75, 3.05) is 12.3 Å². The summed E-state index contributed by atoms with van der Waals surface area (Å²) in [4.78, 5) is 4.23. The summed E-state index contributed by atoms with van der Waals surface area (Å²) in [6, 6.07) is 5.42. The van der Waals surface area contributed by atoms with Gasteiger partial charge in [0.25, 0.3) is 5.89 Å². The van der Waals surface area contributed by atoms with Crippen LogP contribution >= 0.6 is 15.9 Å². The van der Waals surface area contributed by atoms with Crippen molar-refractivity contribution in [3.8, 4) is 11.5 Å². The fraction of sp³-hybridized carbons (Fsp3) is 0.273. The number of hydrogen-bond donors (Lipinski definition) is 1. The molecular weight excluding hydrogens is 286 g/mol. The van der Waals surface area contributed by atoms with Gasteiger partial charge >= 0.3 is 0 Å². The molecule has 1 aromatic heterocycles. The van der Waals surface area contributed by atoms with E-state index in [0.717, 1.165) is 10.0 Å². The van der Waals surface area contributed by atoms with Crippen molar-refractivity contribution in [1.29, 1.82) is 0 Å². The number of nitrogen functional groups attached to an aromatic ring is 1. The van der Waals surface area contributed by atoms with Crippen LogP contribution in [0.25, 0.3) is 11.5 Å². The lowest BCUT2D eigenvalue weighted by Crippen LogP contribution is -1.93. The first-order valence-electron chi connectivity index (χ1n) is 5.16. The van der Waals surface area contributed by atoms with Crippen LogP contribution in [0, 0.1) is 0 Å². The zero-order chi connectivity index (χ0) is 12.3. The van der Waals surface area contributed by atoms with E-state index >= 15 is 0 Å². The number of halogens is 1. The van der Waals surface area contributed by atoms with E-state index in [4.69, 9.17) is 15.0 Å². The average Bonchev–Trinajstić information content (AvgIpc) is 2.78. The quantitative estimate of drug-likeness (QED) is 0.878. The Labute approximate surface area is 107 Å². The number of nitrogens with zero attached hydrogens (tertiary/aromatic N) is 2. The second kappa shape index (κ2) is 5.29. The van der Waals surface area contributed by atoms with Crippen molar-refractivity contribution in [1.82, 2.24) is 10.1 Å². The molecule has 0 unspecified atom stereocenters. The number of rotatable bonds is 4. The van der Waals surface area contributed by atoms with E-state index in [0.29, 0.717) is 30.6 Å². The van der Waals surface area contributed by atoms with Crippen molar-refractivity contribution >= 4 is 21.6 Å². The van der Waals surface area contributed by atoms with Gasteiger partial charge in [-0.05, 0) is 41.1 Å². The van der Waals surface area contributed by atoms with Crippen LogP contribution in [0.15, 0.2) is 27.2 Å². The van der Waals surface area contributed by atoms with Crippen LogP contribution in [-0.2, 0) is 11.3 Å². The van der Waals surface area contributed by atoms with Gasteiger partial charge in [0.1, 0.15) is 6.61 Å². The highest BCUT2D eigenvalue weighted by atomic mass is 79.9. The molecule has 0 aliphatic heterocycles. The van der Waals surface area contributed by atoms with Crippen LogP contribution in [0.5, 0.6) is 0 Å². The minimum atomic E-state index is 0.347. The van der Waals surface area contributed by atoms with E-state index in [1.165, 1.54) is 0 Å². The summed E-state index contributed by atoms with van der Waals surface area (Å²) >= 11 is 3.41. The van der Waals surface area contributed by atoms with E-state index in [1.807, 2.05) is 13.0 Å². The zero-order valence-electron chi connectivity index (χ0n) is 9.31. The van der Waals surface area contributed by atoms with Gasteiger partial charge in [-0.3, -0.25) is 0 Å². The molecule has 5 nitrogen and oxygen atoms in total. The Morgan fingerprint density at radius 2 is 2.29 bits per heavy atom. The maximum atomic E-state index is 5.72. The largest absolute Gasteiger partial charge is 0.399 e. The predicted molar refractivity (Wildman–Crippen MR) is 67.2 cm³/mol. The molecule has 2 N–H and O–H groups in total. The van der Waals surface area contributed by atoms with Gasteiger partial charge in [0.15, 0.2) is 5.82 Å². The summed E-state index contributed by atoms with van der Waals surface area (Å²) in [5.74, 6) is 0.954. The van der Waals surface area contributed by atoms with Crippen molar-refractivity contribution in [2.45, 2.75) is 13.5 Å². The third-order valence-electron chi connectivity index (χ3n) is 2.12. The van der Waals surface area contributed by atoms with Gasteiger partial charge in [-0.15, -0.1) is 0 Å². The van der Waals surface area contributed by atoms with Crippen LogP contribution in [-0.4, -0.2) is 16.7 Å². The number of hydrogen-bond acceptors (Lipinski definition) is 5. The predicted octanol–water partition coefficient (Wildman–Crippen LogP) is 2.62. The maximum absolute atomic E-state index is 5.72. The molecule has 0 radical (unpaired) electrons. The number of aromatic nitrogens is 2. The molecule has 0 bridgehead atoms. The molecular formula is C11H12BrN3O2. The highest BCUT2D eigenvalue weighted by Gasteiger charge is 2.12. The van der Waals surface area contributed by atoms with Gasteiger partial charge in [-0.1, -0.05) is 5.16 Å². The van der Waals surface area contributed by atoms with Crippen LogP contribution < -0.4 is 5.73 Å². The molecule has 17 heavy (non-hydrogen) atoms. The maximum Gasteiger partial charge on any atom is 0.259 e. The number of benzene rings is 1. The van der Waals surface area contributed by atoms with Crippen LogP contribution in [0.3, 0.4) is 0 Å². The van der Waals surface area contributed by atoms with Gasteiger partial charge in [0.2, 0.25) is 0 Å². The standard InChI is InChI=1S/C11H12BrN3O2/c1-2-16-6-10-14-11(17-15-10)8-5-7(13)3-4-9(8)12/h3-5H,2,6,13H2,1H3. The third kappa shape index (κ3) is 2.83. The van der Waals surface area contributed by atoms with Crippen molar-refractivity contribution in [3.63, 3.8) is 0 Å². The van der Waals surface area contributed by atoms with Gasteiger partial charge in [0.05, 0.1) is 5.56 Å². The molecule has 2 rings (SSSR count). The smallest absolute Gasteiger partial charge is 0.259 e. The van der Waals surface area contributed by atoms with Gasteiger partial charge < -0.3 is 15.0 Å². The fourth-order valence-electron chi connectivity index (χ4n) is 1.32. The highest BCUT2D eigenvalue weighted by molar-refractivity contribution is 9.10. The van der Waals surface area contributed by atoms with Gasteiger partial charge in [-0.25, -0.2) is 0 Å². The van der Waals surface area contributed by atoms with Crippen molar-refractivity contribution < 1.29 is 9.26 Å². The molecule has 2 aromatic rings. The molecule has 1 heterocycles. The minimum absolute atomic E-state index is 0.347. The van der Waals surface area contributed by atoms with E-state index in [1.54, 1.807) is 12.1 Å². The average molecular weight is 298 g/mol. The Kier molecular flexibility index (Phi) is 3.75. The summed E-state index contributed by atoms with van der Waals surface area (Å²) in [6.45, 7) is 2.88. The van der Waals surface area contributed by atoms with Crippen LogP contribution in [0.2, 0.25) is 0 Å². The van der Waals surface area contributed by atoms with Gasteiger partial charge in [0, 0.05) is 16.8 Å². The van der Waals surface area contributed by atoms with E-state index < -0.39 is 0 Å². The topological polar surface area (TPSA) is 74.2 Å². The van der Waals surface area contributed by atoms with Crippen LogP contribution in [0.4, 0.5) is 5.69 Å². The highest BCUT2D eigenvalue weighted by Crippen LogP contribution is 2.28.